The number of rotatable bonds is 8. The monoisotopic (exact) mass is 314 g/mol. The van der Waals surface area contributed by atoms with Crippen molar-refractivity contribution in [3.05, 3.63) is 29.3 Å². The number of halogens is 1. The van der Waals surface area contributed by atoms with Crippen LogP contribution in [0.3, 0.4) is 0 Å². The zero-order valence-electron chi connectivity index (χ0n) is 12.7. The first kappa shape index (κ1) is 19.4. The number of Topliss-reactive ketones (excluding diaryl/α,β-unsaturated/α-hetero) is 1. The topological polar surface area (TPSA) is 67.4 Å². The third kappa shape index (κ3) is 6.60. The lowest BCUT2D eigenvalue weighted by Gasteiger charge is -2.10. The molecule has 0 saturated carbocycles. The third-order valence-electron chi connectivity index (χ3n) is 2.91. The molecule has 0 aliphatic rings. The molecule has 0 aliphatic heterocycles. The number of likely N-dealkylation sites (N-methyl/N-ethyl adjacent to an activating group) is 1. The Labute approximate surface area is 131 Å². The van der Waals surface area contributed by atoms with Crippen LogP contribution >= 0.6 is 12.4 Å². The molecular weight excluding hydrogens is 292 g/mol. The molecular formula is C15H23ClN2O3. The van der Waals surface area contributed by atoms with E-state index in [4.69, 9.17) is 4.74 Å². The van der Waals surface area contributed by atoms with Gasteiger partial charge in [0.1, 0.15) is 5.75 Å². The minimum atomic E-state index is -0.0816. The quantitative estimate of drug-likeness (QED) is 0.565. The van der Waals surface area contributed by atoms with Gasteiger partial charge in [0.15, 0.2) is 5.78 Å². The maximum atomic E-state index is 11.8. The normalized spacial score (nSPS) is 9.67. The summed E-state index contributed by atoms with van der Waals surface area (Å²) < 4.78 is 5.22. The van der Waals surface area contributed by atoms with Gasteiger partial charge in [0, 0.05) is 24.2 Å². The molecule has 6 heteroatoms. The molecule has 0 saturated heterocycles. The maximum Gasteiger partial charge on any atom is 0.224 e. The van der Waals surface area contributed by atoms with Crippen LogP contribution < -0.4 is 15.4 Å². The van der Waals surface area contributed by atoms with Crippen molar-refractivity contribution in [3.63, 3.8) is 0 Å². The largest absolute Gasteiger partial charge is 0.496 e. The highest BCUT2D eigenvalue weighted by Crippen LogP contribution is 2.20. The number of hydrogen-bond acceptors (Lipinski definition) is 4. The minimum Gasteiger partial charge on any atom is -0.496 e. The first-order valence-electron chi connectivity index (χ1n) is 6.73. The molecule has 0 bridgehead atoms. The summed E-state index contributed by atoms with van der Waals surface area (Å²) in [5.74, 6) is 0.514. The van der Waals surface area contributed by atoms with Crippen molar-refractivity contribution < 1.29 is 14.3 Å². The highest BCUT2D eigenvalue weighted by Gasteiger charge is 2.11. The molecule has 0 radical (unpaired) electrons. The SMILES string of the molecule is CCNCCNC(=O)Cc1cc(C(C)=O)ccc1OC.Cl. The Balaban J connectivity index is 0.00000400. The Kier molecular flexibility index (Phi) is 9.41. The molecule has 118 valence electrons. The molecule has 21 heavy (non-hydrogen) atoms. The molecule has 0 fully saturated rings. The van der Waals surface area contributed by atoms with E-state index in [2.05, 4.69) is 10.6 Å². The van der Waals surface area contributed by atoms with Crippen LogP contribution in [0, 0.1) is 0 Å². The predicted molar refractivity (Wildman–Crippen MR) is 85.5 cm³/mol. The van der Waals surface area contributed by atoms with Crippen molar-refractivity contribution >= 4 is 24.1 Å². The van der Waals surface area contributed by atoms with Gasteiger partial charge in [-0.15, -0.1) is 12.4 Å². The van der Waals surface area contributed by atoms with E-state index in [9.17, 15) is 9.59 Å². The van der Waals surface area contributed by atoms with E-state index in [1.54, 1.807) is 25.3 Å². The van der Waals surface area contributed by atoms with E-state index in [0.717, 1.165) is 18.7 Å². The molecule has 1 rings (SSSR count). The Hall–Kier alpha value is -1.59. The Bertz CT molecular complexity index is 478. The molecule has 0 aromatic heterocycles. The second kappa shape index (κ2) is 10.2. The number of hydrogen-bond donors (Lipinski definition) is 2. The summed E-state index contributed by atoms with van der Waals surface area (Å²) >= 11 is 0. The van der Waals surface area contributed by atoms with Gasteiger partial charge in [-0.25, -0.2) is 0 Å². The molecule has 5 nitrogen and oxygen atoms in total. The summed E-state index contributed by atoms with van der Waals surface area (Å²) in [5.41, 5.74) is 1.31. The van der Waals surface area contributed by atoms with Crippen molar-refractivity contribution in [1.82, 2.24) is 10.6 Å². The summed E-state index contributed by atoms with van der Waals surface area (Å²) in [5, 5.41) is 5.95. The smallest absolute Gasteiger partial charge is 0.224 e. The van der Waals surface area contributed by atoms with E-state index < -0.39 is 0 Å². The van der Waals surface area contributed by atoms with Gasteiger partial charge in [-0.1, -0.05) is 6.92 Å². The predicted octanol–water partition coefficient (Wildman–Crippen LogP) is 1.59. The Morgan fingerprint density at radius 1 is 1.24 bits per heavy atom. The molecule has 0 heterocycles. The van der Waals surface area contributed by atoms with E-state index in [1.807, 2.05) is 6.92 Å². The third-order valence-corrected chi connectivity index (χ3v) is 2.91. The number of methoxy groups -OCH3 is 1. The van der Waals surface area contributed by atoms with E-state index in [-0.39, 0.29) is 30.5 Å². The van der Waals surface area contributed by atoms with Gasteiger partial charge in [-0.05, 0) is 31.7 Å². The van der Waals surface area contributed by atoms with Crippen LogP contribution in [-0.2, 0) is 11.2 Å². The van der Waals surface area contributed by atoms with Crippen molar-refractivity contribution in [2.45, 2.75) is 20.3 Å². The molecule has 0 aliphatic carbocycles. The highest BCUT2D eigenvalue weighted by atomic mass is 35.5. The molecule has 0 unspecified atom stereocenters. The lowest BCUT2D eigenvalue weighted by Crippen LogP contribution is -2.32. The first-order chi connectivity index (χ1) is 9.58. The molecule has 0 spiro atoms. The fourth-order valence-corrected chi connectivity index (χ4v) is 1.84. The lowest BCUT2D eigenvalue weighted by molar-refractivity contribution is -0.120. The van der Waals surface area contributed by atoms with Gasteiger partial charge in [0.2, 0.25) is 5.91 Å². The van der Waals surface area contributed by atoms with Gasteiger partial charge >= 0.3 is 0 Å². The maximum absolute atomic E-state index is 11.8. The van der Waals surface area contributed by atoms with E-state index >= 15 is 0 Å². The minimum absolute atomic E-state index is 0. The van der Waals surface area contributed by atoms with Gasteiger partial charge in [0.05, 0.1) is 13.5 Å². The molecule has 1 aromatic carbocycles. The number of amides is 1. The number of carbonyl (C=O) groups excluding carboxylic acids is 2. The van der Waals surface area contributed by atoms with Crippen LogP contribution in [0.2, 0.25) is 0 Å². The second-order valence-electron chi connectivity index (χ2n) is 4.46. The standard InChI is InChI=1S/C15H22N2O3.ClH/c1-4-16-7-8-17-15(19)10-13-9-12(11(2)18)5-6-14(13)20-3;/h5-6,9,16H,4,7-8,10H2,1-3H3,(H,17,19);1H. The summed E-state index contributed by atoms with van der Waals surface area (Å²) in [6.07, 6.45) is 0.205. The number of carbonyl (C=O) groups is 2. The Morgan fingerprint density at radius 3 is 2.52 bits per heavy atom. The van der Waals surface area contributed by atoms with Crippen molar-refractivity contribution in [2.75, 3.05) is 26.7 Å². The summed E-state index contributed by atoms with van der Waals surface area (Å²) in [4.78, 5) is 23.2. The van der Waals surface area contributed by atoms with Crippen LogP contribution in [0.4, 0.5) is 0 Å². The zero-order valence-corrected chi connectivity index (χ0v) is 13.5. The van der Waals surface area contributed by atoms with Gasteiger partial charge in [-0.3, -0.25) is 9.59 Å². The average molecular weight is 315 g/mol. The molecule has 0 atom stereocenters. The number of benzene rings is 1. The fraction of sp³-hybridized carbons (Fsp3) is 0.467. The molecule has 1 aromatic rings. The summed E-state index contributed by atoms with van der Waals surface area (Å²) in [6.45, 7) is 5.72. The van der Waals surface area contributed by atoms with Crippen LogP contribution in [0.15, 0.2) is 18.2 Å². The second-order valence-corrected chi connectivity index (χ2v) is 4.46. The van der Waals surface area contributed by atoms with Gasteiger partial charge in [0.25, 0.3) is 0 Å². The zero-order chi connectivity index (χ0) is 15.0. The number of ether oxygens (including phenoxy) is 1. The number of nitrogens with one attached hydrogen (secondary N) is 2. The van der Waals surface area contributed by atoms with Crippen LogP contribution in [-0.4, -0.2) is 38.4 Å². The van der Waals surface area contributed by atoms with Crippen LogP contribution in [0.1, 0.15) is 29.8 Å². The highest BCUT2D eigenvalue weighted by molar-refractivity contribution is 5.94. The van der Waals surface area contributed by atoms with Crippen molar-refractivity contribution in [2.24, 2.45) is 0 Å². The number of ketones is 1. The summed E-state index contributed by atoms with van der Waals surface area (Å²) in [7, 11) is 1.55. The lowest BCUT2D eigenvalue weighted by atomic mass is 10.0. The van der Waals surface area contributed by atoms with Gasteiger partial charge < -0.3 is 15.4 Å². The average Bonchev–Trinajstić information content (AvgIpc) is 2.43. The molecule has 2 N–H and O–H groups in total. The van der Waals surface area contributed by atoms with Crippen molar-refractivity contribution in [3.8, 4) is 5.75 Å². The van der Waals surface area contributed by atoms with Gasteiger partial charge in [-0.2, -0.15) is 0 Å². The van der Waals surface area contributed by atoms with E-state index in [0.29, 0.717) is 17.9 Å². The van der Waals surface area contributed by atoms with E-state index in [1.165, 1.54) is 6.92 Å². The van der Waals surface area contributed by atoms with Crippen molar-refractivity contribution in [1.29, 1.82) is 0 Å². The Morgan fingerprint density at radius 2 is 1.95 bits per heavy atom. The first-order valence-corrected chi connectivity index (χ1v) is 6.73. The summed E-state index contributed by atoms with van der Waals surface area (Å²) in [6, 6.07) is 5.14. The molecule has 1 amide bonds. The van der Waals surface area contributed by atoms with Crippen LogP contribution in [0.25, 0.3) is 0 Å². The fourth-order valence-electron chi connectivity index (χ4n) is 1.84. The van der Waals surface area contributed by atoms with Crippen LogP contribution in [0.5, 0.6) is 5.75 Å².